The Kier molecular flexibility index (Phi) is 3.27. The number of rotatable bonds is 4. The summed E-state index contributed by atoms with van der Waals surface area (Å²) in [5, 5.41) is 0. The third-order valence-corrected chi connectivity index (χ3v) is 2.31. The fourth-order valence-electron chi connectivity index (χ4n) is 0.615. The zero-order valence-corrected chi connectivity index (χ0v) is 7.95. The maximum absolute atomic E-state index is 10.8. The van der Waals surface area contributed by atoms with Gasteiger partial charge in [0.05, 0.1) is 5.75 Å². The van der Waals surface area contributed by atoms with E-state index in [4.69, 9.17) is 0 Å². The molecule has 4 nitrogen and oxygen atoms in total. The van der Waals surface area contributed by atoms with Crippen molar-refractivity contribution < 1.29 is 17.6 Å². The number of benzene rings is 1. The largest absolute Gasteiger partial charge is 0.321 e. The third-order valence-electron chi connectivity index (χ3n) is 1.33. The van der Waals surface area contributed by atoms with Crippen molar-refractivity contribution in [2.24, 2.45) is 0 Å². The third kappa shape index (κ3) is 3.43. The second-order valence-electron chi connectivity index (χ2n) is 2.31. The SMILES string of the molecule is CCS(=O)(=O)OOc1ccccc1. The first-order chi connectivity index (χ1) is 6.14. The van der Waals surface area contributed by atoms with Crippen molar-refractivity contribution >= 4 is 10.1 Å². The maximum Gasteiger partial charge on any atom is 0.302 e. The van der Waals surface area contributed by atoms with Gasteiger partial charge in [0.25, 0.3) is 0 Å². The zero-order chi connectivity index (χ0) is 9.73. The van der Waals surface area contributed by atoms with Gasteiger partial charge in [0.15, 0.2) is 5.75 Å². The molecule has 5 heteroatoms. The van der Waals surface area contributed by atoms with Crippen LogP contribution in [-0.4, -0.2) is 14.2 Å². The molecule has 1 rings (SSSR count). The van der Waals surface area contributed by atoms with Crippen molar-refractivity contribution in [2.75, 3.05) is 5.75 Å². The summed E-state index contributed by atoms with van der Waals surface area (Å²) in [7, 11) is -3.54. The van der Waals surface area contributed by atoms with Crippen molar-refractivity contribution in [2.45, 2.75) is 6.92 Å². The van der Waals surface area contributed by atoms with Crippen LogP contribution in [0.3, 0.4) is 0 Å². The van der Waals surface area contributed by atoms with Crippen molar-refractivity contribution in [1.29, 1.82) is 0 Å². The van der Waals surface area contributed by atoms with Crippen molar-refractivity contribution in [3.8, 4) is 5.75 Å². The van der Waals surface area contributed by atoms with Crippen molar-refractivity contribution in [1.82, 2.24) is 0 Å². The van der Waals surface area contributed by atoms with Crippen molar-refractivity contribution in [3.05, 3.63) is 30.3 Å². The lowest BCUT2D eigenvalue weighted by Gasteiger charge is -2.02. The second-order valence-corrected chi connectivity index (χ2v) is 4.14. The molecule has 0 aliphatic heterocycles. The Bertz CT molecular complexity index is 344. The Balaban J connectivity index is 2.54. The minimum absolute atomic E-state index is 0.111. The van der Waals surface area contributed by atoms with E-state index in [-0.39, 0.29) is 5.75 Å². The van der Waals surface area contributed by atoms with Crippen LogP contribution in [0.25, 0.3) is 0 Å². The maximum atomic E-state index is 10.8. The van der Waals surface area contributed by atoms with Gasteiger partial charge in [-0.3, -0.25) is 0 Å². The monoisotopic (exact) mass is 202 g/mol. The first-order valence-electron chi connectivity index (χ1n) is 3.78. The van der Waals surface area contributed by atoms with Crippen LogP contribution in [0.15, 0.2) is 30.3 Å². The number of hydrogen-bond donors (Lipinski definition) is 0. The van der Waals surface area contributed by atoms with Crippen LogP contribution in [0.5, 0.6) is 5.75 Å². The van der Waals surface area contributed by atoms with E-state index in [0.29, 0.717) is 5.75 Å². The summed E-state index contributed by atoms with van der Waals surface area (Å²) in [6.45, 7) is 1.48. The fourth-order valence-corrected chi connectivity index (χ4v) is 0.894. The molecule has 0 aliphatic carbocycles. The molecule has 0 unspecified atom stereocenters. The minimum Gasteiger partial charge on any atom is -0.321 e. The molecule has 0 radical (unpaired) electrons. The van der Waals surface area contributed by atoms with Gasteiger partial charge in [0.2, 0.25) is 0 Å². The molecule has 1 aromatic rings. The fraction of sp³-hybridized carbons (Fsp3) is 0.250. The molecule has 0 aromatic heterocycles. The molecule has 0 saturated heterocycles. The molecule has 1 aromatic carbocycles. The summed E-state index contributed by atoms with van der Waals surface area (Å²) >= 11 is 0. The summed E-state index contributed by atoms with van der Waals surface area (Å²) in [4.78, 5) is 4.57. The molecular formula is C8H10O4S. The highest BCUT2D eigenvalue weighted by molar-refractivity contribution is 7.86. The van der Waals surface area contributed by atoms with Crippen LogP contribution in [0.1, 0.15) is 6.92 Å². The Hall–Kier alpha value is -1.07. The van der Waals surface area contributed by atoms with Crippen LogP contribution in [0.4, 0.5) is 0 Å². The van der Waals surface area contributed by atoms with E-state index < -0.39 is 10.1 Å². The van der Waals surface area contributed by atoms with Gasteiger partial charge in [0.1, 0.15) is 0 Å². The van der Waals surface area contributed by atoms with Crippen molar-refractivity contribution in [3.63, 3.8) is 0 Å². The average molecular weight is 202 g/mol. The molecule has 0 bridgehead atoms. The van der Waals surface area contributed by atoms with Gasteiger partial charge in [0, 0.05) is 0 Å². The highest BCUT2D eigenvalue weighted by Gasteiger charge is 2.08. The normalized spacial score (nSPS) is 11.2. The number of para-hydroxylation sites is 1. The topological polar surface area (TPSA) is 52.6 Å². The molecule has 0 spiro atoms. The van der Waals surface area contributed by atoms with Gasteiger partial charge < -0.3 is 4.89 Å². The van der Waals surface area contributed by atoms with E-state index in [1.165, 1.54) is 6.92 Å². The molecule has 0 heterocycles. The molecule has 0 amide bonds. The molecule has 0 saturated carbocycles. The van der Waals surface area contributed by atoms with Crippen LogP contribution < -0.4 is 4.89 Å². The van der Waals surface area contributed by atoms with E-state index >= 15 is 0 Å². The predicted molar refractivity (Wildman–Crippen MR) is 47.6 cm³/mol. The Labute approximate surface area is 77.2 Å². The summed E-state index contributed by atoms with van der Waals surface area (Å²) < 4.78 is 25.9. The van der Waals surface area contributed by atoms with Gasteiger partial charge in [-0.2, -0.15) is 8.42 Å². The Morgan fingerprint density at radius 1 is 1.23 bits per heavy atom. The molecule has 0 aliphatic rings. The first kappa shape index (κ1) is 10.0. The molecule has 72 valence electrons. The molecule has 0 atom stereocenters. The van der Waals surface area contributed by atoms with Crippen LogP contribution in [0, 0.1) is 0 Å². The second kappa shape index (κ2) is 4.25. The van der Waals surface area contributed by atoms with E-state index in [2.05, 4.69) is 9.22 Å². The molecular weight excluding hydrogens is 192 g/mol. The molecule has 0 fully saturated rings. The summed E-state index contributed by atoms with van der Waals surface area (Å²) in [5.41, 5.74) is 0. The van der Waals surface area contributed by atoms with Gasteiger partial charge in [-0.05, 0) is 19.1 Å². The summed E-state index contributed by atoms with van der Waals surface area (Å²) in [6.07, 6.45) is 0. The van der Waals surface area contributed by atoms with E-state index in [0.717, 1.165) is 0 Å². The molecule has 0 N–H and O–H groups in total. The van der Waals surface area contributed by atoms with Crippen LogP contribution in [-0.2, 0) is 14.5 Å². The van der Waals surface area contributed by atoms with Gasteiger partial charge in [-0.25, -0.2) is 0 Å². The minimum atomic E-state index is -3.54. The highest BCUT2D eigenvalue weighted by atomic mass is 32.2. The standard InChI is InChI=1S/C8H10O4S/c1-2-13(9,10)12-11-8-6-4-3-5-7-8/h3-7H,2H2,1H3. The van der Waals surface area contributed by atoms with Gasteiger partial charge >= 0.3 is 10.1 Å². The number of hydrogen-bond acceptors (Lipinski definition) is 4. The smallest absolute Gasteiger partial charge is 0.302 e. The lowest BCUT2D eigenvalue weighted by molar-refractivity contribution is -0.0923. The average Bonchev–Trinajstić information content (AvgIpc) is 2.17. The highest BCUT2D eigenvalue weighted by Crippen LogP contribution is 2.09. The predicted octanol–water partition coefficient (Wildman–Crippen LogP) is 1.35. The van der Waals surface area contributed by atoms with E-state index in [9.17, 15) is 8.42 Å². The van der Waals surface area contributed by atoms with Gasteiger partial charge in [-0.1, -0.05) is 22.5 Å². The Morgan fingerprint density at radius 3 is 2.38 bits per heavy atom. The van der Waals surface area contributed by atoms with Crippen LogP contribution >= 0.6 is 0 Å². The quantitative estimate of drug-likeness (QED) is 0.546. The lowest BCUT2D eigenvalue weighted by atomic mass is 10.3. The van der Waals surface area contributed by atoms with E-state index in [1.54, 1.807) is 30.3 Å². The van der Waals surface area contributed by atoms with Crippen LogP contribution in [0.2, 0.25) is 0 Å². The summed E-state index contributed by atoms with van der Waals surface area (Å²) in [6, 6.07) is 8.44. The summed E-state index contributed by atoms with van der Waals surface area (Å²) in [5.74, 6) is 0.249. The first-order valence-corrected chi connectivity index (χ1v) is 5.35. The Morgan fingerprint density at radius 2 is 1.85 bits per heavy atom. The zero-order valence-electron chi connectivity index (χ0n) is 7.14. The lowest BCUT2D eigenvalue weighted by Crippen LogP contribution is -2.10. The van der Waals surface area contributed by atoms with Gasteiger partial charge in [-0.15, -0.1) is 0 Å². The van der Waals surface area contributed by atoms with E-state index in [1.807, 2.05) is 0 Å². The molecule has 13 heavy (non-hydrogen) atoms.